The number of carbonyl (C=O) groups is 1. The summed E-state index contributed by atoms with van der Waals surface area (Å²) in [5, 5.41) is 28.6. The second-order valence-corrected chi connectivity index (χ2v) is 7.54. The number of carboxylic acid groups (broad SMARTS) is 1. The number of ether oxygens (including phenoxy) is 1. The lowest BCUT2D eigenvalue weighted by atomic mass is 9.92. The van der Waals surface area contributed by atoms with Gasteiger partial charge >= 0.3 is 5.97 Å². The van der Waals surface area contributed by atoms with Crippen molar-refractivity contribution in [3.8, 4) is 5.75 Å². The monoisotopic (exact) mass is 420 g/mol. The molecule has 0 aromatic heterocycles. The average Bonchev–Trinajstić information content (AvgIpc) is 2.59. The first-order chi connectivity index (χ1) is 12.8. The van der Waals surface area contributed by atoms with E-state index >= 15 is 4.39 Å². The first-order valence-electron chi connectivity index (χ1n) is 8.85. The number of rotatable bonds is 8. The van der Waals surface area contributed by atoms with Gasteiger partial charge in [-0.15, -0.1) is 0 Å². The first kappa shape index (κ1) is 22.0. The van der Waals surface area contributed by atoms with Crippen molar-refractivity contribution in [3.63, 3.8) is 0 Å². The minimum atomic E-state index is -1.21. The first-order valence-corrected chi connectivity index (χ1v) is 9.61. The van der Waals surface area contributed by atoms with E-state index < -0.39 is 30.4 Å². The van der Waals surface area contributed by atoms with E-state index in [2.05, 4.69) is 0 Å². The molecule has 2 atom stereocenters. The Labute approximate surface area is 167 Å². The predicted molar refractivity (Wildman–Crippen MR) is 102 cm³/mol. The van der Waals surface area contributed by atoms with Crippen molar-refractivity contribution in [1.82, 2.24) is 0 Å². The number of aliphatic carboxylic acids is 1. The third-order valence-corrected chi connectivity index (χ3v) is 4.89. The van der Waals surface area contributed by atoms with Gasteiger partial charge in [-0.2, -0.15) is 0 Å². The van der Waals surface area contributed by atoms with E-state index in [0.717, 1.165) is 19.3 Å². The molecule has 0 heterocycles. The maximum absolute atomic E-state index is 15.0. The number of halogens is 3. The van der Waals surface area contributed by atoms with Crippen LogP contribution in [0.4, 0.5) is 4.39 Å². The van der Waals surface area contributed by atoms with E-state index in [-0.39, 0.29) is 34.4 Å². The topological polar surface area (TPSA) is 87.0 Å². The minimum absolute atomic E-state index is 0.0726. The van der Waals surface area contributed by atoms with Gasteiger partial charge in [-0.25, -0.2) is 4.39 Å². The van der Waals surface area contributed by atoms with Gasteiger partial charge in [-0.05, 0) is 43.4 Å². The molecule has 0 bridgehead atoms. The van der Waals surface area contributed by atoms with Crippen LogP contribution in [0.25, 0.3) is 5.83 Å². The summed E-state index contributed by atoms with van der Waals surface area (Å²) in [6, 6.07) is 2.86. The van der Waals surface area contributed by atoms with Gasteiger partial charge in [0.25, 0.3) is 0 Å². The Morgan fingerprint density at radius 1 is 1.15 bits per heavy atom. The van der Waals surface area contributed by atoms with Gasteiger partial charge in [-0.3, -0.25) is 4.79 Å². The fourth-order valence-electron chi connectivity index (χ4n) is 3.11. The van der Waals surface area contributed by atoms with Crippen LogP contribution in [0.15, 0.2) is 17.7 Å². The molecule has 1 saturated carbocycles. The van der Waals surface area contributed by atoms with E-state index in [1.54, 1.807) is 0 Å². The summed E-state index contributed by atoms with van der Waals surface area (Å²) in [5.41, 5.74) is 0.838. The predicted octanol–water partition coefficient (Wildman–Crippen LogP) is 4.60. The van der Waals surface area contributed by atoms with Crippen molar-refractivity contribution in [1.29, 1.82) is 0 Å². The van der Waals surface area contributed by atoms with E-state index in [1.807, 2.05) is 0 Å². The van der Waals surface area contributed by atoms with Crippen LogP contribution in [-0.2, 0) is 4.79 Å². The minimum Gasteiger partial charge on any atom is -0.489 e. The normalized spacial score (nSPS) is 16.7. The van der Waals surface area contributed by atoms with Gasteiger partial charge in [0.1, 0.15) is 18.2 Å². The second-order valence-electron chi connectivity index (χ2n) is 6.69. The zero-order valence-corrected chi connectivity index (χ0v) is 16.3. The zero-order chi connectivity index (χ0) is 20.0. The molecule has 1 aromatic rings. The highest BCUT2D eigenvalue weighted by molar-refractivity contribution is 6.36. The van der Waals surface area contributed by atoms with Crippen molar-refractivity contribution in [2.24, 2.45) is 0 Å². The molecule has 0 spiro atoms. The zero-order valence-electron chi connectivity index (χ0n) is 14.8. The van der Waals surface area contributed by atoms with Crippen LogP contribution in [0.2, 0.25) is 10.0 Å². The van der Waals surface area contributed by atoms with E-state index in [9.17, 15) is 15.0 Å². The molecule has 3 N–H and O–H groups in total. The lowest BCUT2D eigenvalue weighted by Gasteiger charge is -2.20. The van der Waals surface area contributed by atoms with Gasteiger partial charge in [0, 0.05) is 11.4 Å². The average molecular weight is 421 g/mol. The molecule has 1 aliphatic rings. The molecule has 1 aromatic carbocycles. The van der Waals surface area contributed by atoms with E-state index in [0.29, 0.717) is 18.4 Å². The van der Waals surface area contributed by atoms with Crippen LogP contribution in [0.3, 0.4) is 0 Å². The summed E-state index contributed by atoms with van der Waals surface area (Å²) < 4.78 is 20.6. The Bertz CT molecular complexity index is 700. The van der Waals surface area contributed by atoms with Crippen LogP contribution >= 0.6 is 23.2 Å². The van der Waals surface area contributed by atoms with Gasteiger partial charge in [0.15, 0.2) is 0 Å². The van der Waals surface area contributed by atoms with Crippen LogP contribution in [0.5, 0.6) is 5.75 Å². The van der Waals surface area contributed by atoms with Crippen molar-refractivity contribution in [2.75, 3.05) is 6.61 Å². The molecule has 1 fully saturated rings. The Hall–Kier alpha value is -1.34. The number of hydrogen-bond acceptors (Lipinski definition) is 4. The highest BCUT2D eigenvalue weighted by Crippen LogP contribution is 2.40. The third kappa shape index (κ3) is 6.64. The summed E-state index contributed by atoms with van der Waals surface area (Å²) in [6.45, 7) is -0.270. The molecule has 2 rings (SSSR count). The van der Waals surface area contributed by atoms with Crippen LogP contribution < -0.4 is 4.74 Å². The summed E-state index contributed by atoms with van der Waals surface area (Å²) in [5.74, 6) is -1.50. The van der Waals surface area contributed by atoms with Crippen molar-refractivity contribution >= 4 is 35.0 Å². The molecule has 0 radical (unpaired) electrons. The molecule has 27 heavy (non-hydrogen) atoms. The fourth-order valence-corrected chi connectivity index (χ4v) is 3.65. The maximum Gasteiger partial charge on any atom is 0.305 e. The third-order valence-electron chi connectivity index (χ3n) is 4.39. The van der Waals surface area contributed by atoms with Gasteiger partial charge in [0.05, 0.1) is 29.2 Å². The highest BCUT2D eigenvalue weighted by atomic mass is 35.5. The summed E-state index contributed by atoms with van der Waals surface area (Å²) in [7, 11) is 0. The SMILES string of the molecule is O=C(O)C[C@H](O)CC(O)COc1c(Cl)cc(Cl)cc1C(F)=C1CCCCC1. The number of allylic oxidation sites excluding steroid dienone is 1. The van der Waals surface area contributed by atoms with E-state index in [1.165, 1.54) is 12.1 Å². The van der Waals surface area contributed by atoms with Gasteiger partial charge in [0.2, 0.25) is 0 Å². The number of hydrogen-bond donors (Lipinski definition) is 3. The molecule has 1 aliphatic carbocycles. The molecule has 0 amide bonds. The molecular formula is C19H23Cl2FO5. The van der Waals surface area contributed by atoms with Crippen molar-refractivity contribution in [2.45, 2.75) is 57.2 Å². The smallest absolute Gasteiger partial charge is 0.305 e. The number of carboxylic acids is 1. The molecular weight excluding hydrogens is 398 g/mol. The molecule has 150 valence electrons. The molecule has 1 unspecified atom stereocenters. The number of benzene rings is 1. The van der Waals surface area contributed by atoms with Crippen LogP contribution in [0, 0.1) is 0 Å². The molecule has 0 aliphatic heterocycles. The number of aliphatic hydroxyl groups is 2. The Morgan fingerprint density at radius 2 is 1.81 bits per heavy atom. The molecule has 0 saturated heterocycles. The van der Waals surface area contributed by atoms with Gasteiger partial charge < -0.3 is 20.1 Å². The summed E-state index contributed by atoms with van der Waals surface area (Å²) >= 11 is 12.2. The standard InChI is InChI=1S/C19H23Cl2FO5/c20-12-6-15(18(22)11-4-2-1-3-5-11)19(16(21)7-12)27-10-14(24)8-13(23)9-17(25)26/h6-7,13-14,23-24H,1-5,8-10H2,(H,25,26)/t13-,14?/m1/s1. The van der Waals surface area contributed by atoms with Crippen molar-refractivity contribution < 1.29 is 29.2 Å². The van der Waals surface area contributed by atoms with Gasteiger partial charge in [-0.1, -0.05) is 29.6 Å². The largest absolute Gasteiger partial charge is 0.489 e. The lowest BCUT2D eigenvalue weighted by molar-refractivity contribution is -0.139. The van der Waals surface area contributed by atoms with E-state index in [4.69, 9.17) is 33.0 Å². The Balaban J connectivity index is 2.15. The number of aliphatic hydroxyl groups excluding tert-OH is 2. The molecule has 5 nitrogen and oxygen atoms in total. The quantitative estimate of drug-likeness (QED) is 0.571. The highest BCUT2D eigenvalue weighted by Gasteiger charge is 2.21. The van der Waals surface area contributed by atoms with Crippen molar-refractivity contribution in [3.05, 3.63) is 33.3 Å². The van der Waals surface area contributed by atoms with Crippen LogP contribution in [-0.4, -0.2) is 40.1 Å². The maximum atomic E-state index is 15.0. The fraction of sp³-hybridized carbons (Fsp3) is 0.526. The Kier molecular flexibility index (Phi) is 8.35. The van der Waals surface area contributed by atoms with Crippen LogP contribution in [0.1, 0.15) is 50.5 Å². The lowest BCUT2D eigenvalue weighted by Crippen LogP contribution is -2.25. The Morgan fingerprint density at radius 3 is 2.44 bits per heavy atom. The second kappa shape index (κ2) is 10.3. The summed E-state index contributed by atoms with van der Waals surface area (Å²) in [4.78, 5) is 10.6. The molecule has 8 heteroatoms. The summed E-state index contributed by atoms with van der Waals surface area (Å²) in [6.07, 6.45) is 1.24.